The molecule has 2 atom stereocenters. The Morgan fingerprint density at radius 3 is 1.71 bits per heavy atom. The van der Waals surface area contributed by atoms with Crippen molar-refractivity contribution in [3.05, 3.63) is 0 Å². The van der Waals surface area contributed by atoms with E-state index in [0.717, 1.165) is 5.92 Å². The first-order valence-electron chi connectivity index (χ1n) is 7.27. The van der Waals surface area contributed by atoms with Crippen molar-refractivity contribution >= 4 is 21.6 Å². The van der Waals surface area contributed by atoms with Crippen LogP contribution in [0.5, 0.6) is 0 Å². The maximum Gasteiger partial charge on any atom is -0.0181 e. The van der Waals surface area contributed by atoms with Gasteiger partial charge in [-0.25, -0.2) is 0 Å². The summed E-state index contributed by atoms with van der Waals surface area (Å²) in [6, 6.07) is 0. The predicted molar refractivity (Wildman–Crippen MR) is 87.4 cm³/mol. The highest BCUT2D eigenvalue weighted by atomic mass is 35.5. The average Bonchev–Trinajstić information content (AvgIpc) is 2.20. The van der Waals surface area contributed by atoms with E-state index < -0.39 is 0 Å². The van der Waals surface area contributed by atoms with Crippen LogP contribution >= 0.6 is 21.6 Å². The van der Waals surface area contributed by atoms with Gasteiger partial charge in [-0.05, 0) is 17.5 Å². The molecule has 0 aromatic carbocycles. The van der Waals surface area contributed by atoms with Crippen molar-refractivity contribution in [2.24, 2.45) is 5.92 Å². The molecule has 17 heavy (non-hydrogen) atoms. The average molecular weight is 281 g/mol. The van der Waals surface area contributed by atoms with Gasteiger partial charge in [-0.2, -0.15) is 0 Å². The summed E-state index contributed by atoms with van der Waals surface area (Å²) in [6.07, 6.45) is 12.9. The molecule has 0 fully saturated rings. The summed E-state index contributed by atoms with van der Waals surface area (Å²) in [5, 5.41) is 0.418. The molecule has 0 spiro atoms. The molecule has 0 aromatic heterocycles. The second-order valence-corrected chi connectivity index (χ2v) is 7.47. The molecular weight excluding hydrogens is 247 g/mol. The predicted octanol–water partition coefficient (Wildman–Crippen LogP) is 6.23. The Morgan fingerprint density at radius 1 is 0.882 bits per heavy atom. The smallest absolute Gasteiger partial charge is 0.0181 e. The van der Waals surface area contributed by atoms with Crippen molar-refractivity contribution in [2.75, 3.05) is 0 Å². The van der Waals surface area contributed by atoms with Gasteiger partial charge in [0.2, 0.25) is 0 Å². The third kappa shape index (κ3) is 13.0. The molecule has 2 unspecified atom stereocenters. The van der Waals surface area contributed by atoms with E-state index in [9.17, 15) is 0 Å². The second-order valence-electron chi connectivity index (χ2n) is 5.99. The van der Waals surface area contributed by atoms with Gasteiger partial charge in [0, 0.05) is 0 Å². The molecule has 2 heteroatoms. The highest BCUT2D eigenvalue weighted by Crippen LogP contribution is 2.30. The minimum atomic E-state index is 0. The van der Waals surface area contributed by atoms with Gasteiger partial charge in [0.1, 0.15) is 0 Å². The Kier molecular flexibility index (Phi) is 13.9. The minimum absolute atomic E-state index is 0. The number of unbranched alkanes of at least 4 members (excludes halogenated alkanes) is 7. The van der Waals surface area contributed by atoms with Gasteiger partial charge in [-0.15, -0.1) is 21.6 Å². The van der Waals surface area contributed by atoms with E-state index in [1.165, 1.54) is 57.8 Å². The van der Waals surface area contributed by atoms with Crippen LogP contribution in [0.4, 0.5) is 0 Å². The summed E-state index contributed by atoms with van der Waals surface area (Å²) in [4.78, 5) is 0. The van der Waals surface area contributed by atoms with Crippen LogP contribution < -0.4 is 0 Å². The molecule has 0 radical (unpaired) electrons. The van der Waals surface area contributed by atoms with Crippen LogP contribution in [0.15, 0.2) is 0 Å². The molecule has 0 bridgehead atoms. The quantitative estimate of drug-likeness (QED) is 0.329. The lowest BCUT2D eigenvalue weighted by atomic mass is 9.91. The van der Waals surface area contributed by atoms with E-state index in [-0.39, 0.29) is 12.4 Å². The molecule has 0 N–H and O–H groups in total. The number of halogens is 1. The lowest BCUT2D eigenvalue weighted by Gasteiger charge is -2.26. The van der Waals surface area contributed by atoms with Crippen molar-refractivity contribution in [3.8, 4) is 0 Å². The molecule has 0 saturated heterocycles. The van der Waals surface area contributed by atoms with Crippen molar-refractivity contribution in [1.29, 1.82) is 0 Å². The Balaban J connectivity index is 0. The van der Waals surface area contributed by atoms with Gasteiger partial charge in [0.15, 0.2) is 0 Å². The van der Waals surface area contributed by atoms with Gasteiger partial charge in [0.05, 0.1) is 0 Å². The van der Waals surface area contributed by atoms with Crippen LogP contribution in [0.3, 0.4) is 0 Å². The maximum atomic E-state index is 2.98. The Bertz CT molecular complexity index is 151. The van der Waals surface area contributed by atoms with Crippen molar-refractivity contribution < 1.29 is 0 Å². The van der Waals surface area contributed by atoms with Crippen molar-refractivity contribution in [3.63, 3.8) is 0 Å². The molecule has 106 valence electrons. The van der Waals surface area contributed by atoms with Crippen LogP contribution in [0, 0.1) is 5.92 Å². The van der Waals surface area contributed by atoms with Crippen LogP contribution in [-0.4, -0.2) is 5.16 Å². The van der Waals surface area contributed by atoms with Crippen LogP contribution in [0.2, 0.25) is 0 Å². The second kappa shape index (κ2) is 11.8. The van der Waals surface area contributed by atoms with Crippen molar-refractivity contribution in [1.82, 2.24) is 0 Å². The summed E-state index contributed by atoms with van der Waals surface area (Å²) >= 11 is 0. The maximum absolute atomic E-state index is 2.98. The fourth-order valence-corrected chi connectivity index (χ4v) is 2.12. The number of hydrogen-bond donors (Lipinski definition) is 0. The molecule has 0 saturated carbocycles. The Labute approximate surface area is 118 Å². The van der Waals surface area contributed by atoms with Crippen LogP contribution in [0.1, 0.15) is 85.5 Å². The SMILES string of the molecule is CCCCCCCCCCC(C)C(C)(C)P.Cl. The molecule has 0 rings (SSSR count). The summed E-state index contributed by atoms with van der Waals surface area (Å²) in [7, 11) is 2.98. The first-order chi connectivity index (χ1) is 7.48. The van der Waals surface area contributed by atoms with E-state index in [0.29, 0.717) is 5.16 Å². The molecule has 0 aliphatic rings. The van der Waals surface area contributed by atoms with Gasteiger partial charge in [-0.1, -0.05) is 79.1 Å². The molecule has 0 amide bonds. The Hall–Kier alpha value is 0.720. The minimum Gasteiger partial charge on any atom is -0.147 e. The first-order valence-corrected chi connectivity index (χ1v) is 7.85. The highest BCUT2D eigenvalue weighted by Gasteiger charge is 2.19. The first kappa shape index (κ1) is 20.0. The fraction of sp³-hybridized carbons (Fsp3) is 1.00. The number of hydrogen-bond acceptors (Lipinski definition) is 0. The van der Waals surface area contributed by atoms with Gasteiger partial charge in [-0.3, -0.25) is 0 Å². The monoisotopic (exact) mass is 280 g/mol. The van der Waals surface area contributed by atoms with Gasteiger partial charge in [0.25, 0.3) is 0 Å². The topological polar surface area (TPSA) is 0 Å². The summed E-state index contributed by atoms with van der Waals surface area (Å²) < 4.78 is 0. The summed E-state index contributed by atoms with van der Waals surface area (Å²) in [6.45, 7) is 9.32. The van der Waals surface area contributed by atoms with E-state index >= 15 is 0 Å². The van der Waals surface area contributed by atoms with Crippen molar-refractivity contribution in [2.45, 2.75) is 90.6 Å². The van der Waals surface area contributed by atoms with E-state index in [4.69, 9.17) is 0 Å². The largest absolute Gasteiger partial charge is 0.147 e. The zero-order chi connectivity index (χ0) is 12.4. The summed E-state index contributed by atoms with van der Waals surface area (Å²) in [5.74, 6) is 0.831. The fourth-order valence-electron chi connectivity index (χ4n) is 1.96. The van der Waals surface area contributed by atoms with E-state index in [1.807, 2.05) is 0 Å². The molecule has 0 aromatic rings. The summed E-state index contributed by atoms with van der Waals surface area (Å²) in [5.41, 5.74) is 0. The lowest BCUT2D eigenvalue weighted by molar-refractivity contribution is 0.406. The Morgan fingerprint density at radius 2 is 1.29 bits per heavy atom. The third-order valence-corrected chi connectivity index (χ3v) is 4.33. The van der Waals surface area contributed by atoms with Gasteiger partial charge < -0.3 is 0 Å². The molecule has 0 aliphatic heterocycles. The number of rotatable bonds is 10. The van der Waals surface area contributed by atoms with E-state index in [1.54, 1.807) is 0 Å². The zero-order valence-corrected chi connectivity index (χ0v) is 14.4. The van der Waals surface area contributed by atoms with Gasteiger partial charge >= 0.3 is 0 Å². The standard InChI is InChI=1S/C15H33P.ClH/c1-5-6-7-8-9-10-11-12-13-14(2)15(3,4)16;/h14H,5-13,16H2,1-4H3;1H. The lowest BCUT2D eigenvalue weighted by Crippen LogP contribution is -2.20. The highest BCUT2D eigenvalue weighted by molar-refractivity contribution is 7.18. The molecule has 0 aliphatic carbocycles. The molecule has 0 heterocycles. The van der Waals surface area contributed by atoms with Crippen LogP contribution in [-0.2, 0) is 0 Å². The van der Waals surface area contributed by atoms with E-state index in [2.05, 4.69) is 36.9 Å². The normalized spacial score (nSPS) is 13.2. The third-order valence-electron chi connectivity index (χ3n) is 3.76. The molecule has 0 nitrogen and oxygen atoms in total. The molecular formula is C15H34ClP. The van der Waals surface area contributed by atoms with Crippen LogP contribution in [0.25, 0.3) is 0 Å². The zero-order valence-electron chi connectivity index (χ0n) is 12.4.